The summed E-state index contributed by atoms with van der Waals surface area (Å²) >= 11 is 1.56. The number of nitrogens with one attached hydrogen (secondary N) is 2. The molecule has 1 atom stereocenters. The highest BCUT2D eigenvalue weighted by Gasteiger charge is 2.23. The molecule has 98 valence electrons. The number of anilines is 1. The lowest BCUT2D eigenvalue weighted by molar-refractivity contribution is 0.0719. The molecule has 0 saturated heterocycles. The summed E-state index contributed by atoms with van der Waals surface area (Å²) in [4.78, 5) is 15.3. The smallest absolute Gasteiger partial charge is 0.182 e. The first-order valence-corrected chi connectivity index (χ1v) is 6.74. The molecule has 0 spiro atoms. The molecule has 0 fully saturated rings. The number of aromatic amines is 1. The maximum Gasteiger partial charge on any atom is 0.182 e. The predicted molar refractivity (Wildman–Crippen MR) is 74.1 cm³/mol. The lowest BCUT2D eigenvalue weighted by atomic mass is 9.99. The topological polar surface area (TPSA) is 86.7 Å². The zero-order chi connectivity index (χ0) is 13.3. The standard InChI is InChI=1S/C12H13N5OS/c1-12(18,8-2-3-19-4-8)5-13-10-9-11(15-6-14-9)17-7-16-10/h2-4,6-7,18H,5H2,1H3,(H2,13,14,15,16,17)/t12-/m0/s1. The molecule has 0 aliphatic rings. The molecule has 0 bridgehead atoms. The minimum atomic E-state index is -0.947. The minimum Gasteiger partial charge on any atom is -0.384 e. The number of nitrogens with zero attached hydrogens (tertiary/aromatic N) is 3. The van der Waals surface area contributed by atoms with Crippen LogP contribution in [0.4, 0.5) is 5.82 Å². The number of aliphatic hydroxyl groups is 1. The summed E-state index contributed by atoms with van der Waals surface area (Å²) < 4.78 is 0. The van der Waals surface area contributed by atoms with Crippen LogP contribution in [0.2, 0.25) is 0 Å². The first-order chi connectivity index (χ1) is 9.17. The second-order valence-corrected chi connectivity index (χ2v) is 5.24. The van der Waals surface area contributed by atoms with Gasteiger partial charge < -0.3 is 15.4 Å². The van der Waals surface area contributed by atoms with Gasteiger partial charge in [0.15, 0.2) is 11.5 Å². The third-order valence-corrected chi connectivity index (χ3v) is 3.65. The van der Waals surface area contributed by atoms with Gasteiger partial charge in [-0.15, -0.1) is 0 Å². The Morgan fingerprint density at radius 3 is 3.11 bits per heavy atom. The second kappa shape index (κ2) is 4.60. The zero-order valence-electron chi connectivity index (χ0n) is 10.3. The summed E-state index contributed by atoms with van der Waals surface area (Å²) in [6.07, 6.45) is 3.02. The largest absolute Gasteiger partial charge is 0.384 e. The Morgan fingerprint density at radius 1 is 1.42 bits per heavy atom. The molecule has 0 aromatic carbocycles. The van der Waals surface area contributed by atoms with Crippen LogP contribution < -0.4 is 5.32 Å². The molecule has 0 radical (unpaired) electrons. The summed E-state index contributed by atoms with van der Waals surface area (Å²) in [5.74, 6) is 0.637. The fourth-order valence-corrected chi connectivity index (χ4v) is 2.61. The number of rotatable bonds is 4. The first-order valence-electron chi connectivity index (χ1n) is 5.80. The van der Waals surface area contributed by atoms with Crippen molar-refractivity contribution in [3.05, 3.63) is 35.0 Å². The van der Waals surface area contributed by atoms with Crippen molar-refractivity contribution >= 4 is 28.3 Å². The average molecular weight is 275 g/mol. The number of H-pyrrole nitrogens is 1. The summed E-state index contributed by atoms with van der Waals surface area (Å²) in [5, 5.41) is 17.5. The highest BCUT2D eigenvalue weighted by Crippen LogP contribution is 2.24. The highest BCUT2D eigenvalue weighted by atomic mass is 32.1. The molecule has 0 saturated carbocycles. The van der Waals surface area contributed by atoms with Gasteiger partial charge in [-0.2, -0.15) is 11.3 Å². The number of hydrogen-bond acceptors (Lipinski definition) is 6. The third-order valence-electron chi connectivity index (χ3n) is 2.97. The Labute approximate surface area is 113 Å². The van der Waals surface area contributed by atoms with E-state index in [9.17, 15) is 5.11 Å². The van der Waals surface area contributed by atoms with Gasteiger partial charge in [-0.1, -0.05) is 0 Å². The Bertz CT molecular complexity index is 676. The number of imidazole rings is 1. The SMILES string of the molecule is C[C@](O)(CNc1ncnc2nc[nH]c12)c1ccsc1. The normalized spacial score (nSPS) is 14.4. The molecule has 3 rings (SSSR count). The van der Waals surface area contributed by atoms with Gasteiger partial charge in [0.25, 0.3) is 0 Å². The Hall–Kier alpha value is -1.99. The van der Waals surface area contributed by atoms with E-state index in [0.717, 1.165) is 11.1 Å². The van der Waals surface area contributed by atoms with Crippen LogP contribution in [0.25, 0.3) is 11.2 Å². The van der Waals surface area contributed by atoms with Crippen LogP contribution in [0.15, 0.2) is 29.5 Å². The third kappa shape index (κ3) is 2.29. The van der Waals surface area contributed by atoms with E-state index < -0.39 is 5.60 Å². The molecule has 3 aromatic rings. The minimum absolute atomic E-state index is 0.356. The summed E-state index contributed by atoms with van der Waals surface area (Å²) in [7, 11) is 0. The lowest BCUT2D eigenvalue weighted by Crippen LogP contribution is -2.30. The maximum absolute atomic E-state index is 10.4. The van der Waals surface area contributed by atoms with Crippen molar-refractivity contribution in [3.63, 3.8) is 0 Å². The number of fused-ring (bicyclic) bond motifs is 1. The van der Waals surface area contributed by atoms with Gasteiger partial charge in [-0.3, -0.25) is 0 Å². The highest BCUT2D eigenvalue weighted by molar-refractivity contribution is 7.08. The van der Waals surface area contributed by atoms with Crippen molar-refractivity contribution in [3.8, 4) is 0 Å². The molecule has 0 aliphatic heterocycles. The molecule has 0 aliphatic carbocycles. The second-order valence-electron chi connectivity index (χ2n) is 4.46. The molecule has 7 heteroatoms. The van der Waals surface area contributed by atoms with E-state index in [1.54, 1.807) is 24.6 Å². The van der Waals surface area contributed by atoms with Crippen molar-refractivity contribution in [2.45, 2.75) is 12.5 Å². The summed E-state index contributed by atoms with van der Waals surface area (Å²) in [6.45, 7) is 2.13. The molecule has 6 nitrogen and oxygen atoms in total. The van der Waals surface area contributed by atoms with Crippen LogP contribution in [0, 0.1) is 0 Å². The average Bonchev–Trinajstić information content (AvgIpc) is 3.07. The number of aromatic nitrogens is 4. The fraction of sp³-hybridized carbons (Fsp3) is 0.250. The van der Waals surface area contributed by atoms with Crippen LogP contribution in [0.1, 0.15) is 12.5 Å². The van der Waals surface area contributed by atoms with Gasteiger partial charge in [-0.05, 0) is 29.3 Å². The monoisotopic (exact) mass is 275 g/mol. The Balaban J connectivity index is 1.81. The van der Waals surface area contributed by atoms with Crippen molar-refractivity contribution in [2.75, 3.05) is 11.9 Å². The molecule has 3 aromatic heterocycles. The Morgan fingerprint density at radius 2 is 2.32 bits per heavy atom. The number of thiophene rings is 1. The maximum atomic E-state index is 10.4. The summed E-state index contributed by atoms with van der Waals surface area (Å²) in [6, 6.07) is 1.91. The predicted octanol–water partition coefficient (Wildman–Crippen LogP) is 1.73. The zero-order valence-corrected chi connectivity index (χ0v) is 11.1. The quantitative estimate of drug-likeness (QED) is 0.675. The van der Waals surface area contributed by atoms with Crippen LogP contribution in [-0.2, 0) is 5.60 Å². The van der Waals surface area contributed by atoms with Gasteiger partial charge in [0, 0.05) is 6.54 Å². The van der Waals surface area contributed by atoms with Crippen LogP contribution in [0.5, 0.6) is 0 Å². The molecule has 3 heterocycles. The van der Waals surface area contributed by atoms with E-state index in [1.807, 2.05) is 16.8 Å². The van der Waals surface area contributed by atoms with E-state index in [1.165, 1.54) is 6.33 Å². The summed E-state index contributed by atoms with van der Waals surface area (Å²) in [5.41, 5.74) is 1.29. The molecule has 3 N–H and O–H groups in total. The molecule has 0 unspecified atom stereocenters. The lowest BCUT2D eigenvalue weighted by Gasteiger charge is -2.23. The van der Waals surface area contributed by atoms with Crippen LogP contribution >= 0.6 is 11.3 Å². The van der Waals surface area contributed by atoms with Crippen molar-refractivity contribution in [2.24, 2.45) is 0 Å². The Kier molecular flexibility index (Phi) is 2.92. The van der Waals surface area contributed by atoms with Gasteiger partial charge in [0.1, 0.15) is 17.4 Å². The first kappa shape index (κ1) is 12.1. The van der Waals surface area contributed by atoms with E-state index in [-0.39, 0.29) is 0 Å². The molecular formula is C12H13N5OS. The van der Waals surface area contributed by atoms with E-state index in [2.05, 4.69) is 25.3 Å². The van der Waals surface area contributed by atoms with Gasteiger partial charge in [0.2, 0.25) is 0 Å². The van der Waals surface area contributed by atoms with Crippen molar-refractivity contribution in [1.82, 2.24) is 19.9 Å². The van der Waals surface area contributed by atoms with E-state index in [4.69, 9.17) is 0 Å². The number of hydrogen-bond donors (Lipinski definition) is 3. The van der Waals surface area contributed by atoms with Crippen molar-refractivity contribution in [1.29, 1.82) is 0 Å². The van der Waals surface area contributed by atoms with E-state index in [0.29, 0.717) is 18.0 Å². The molecular weight excluding hydrogens is 262 g/mol. The van der Waals surface area contributed by atoms with Gasteiger partial charge >= 0.3 is 0 Å². The van der Waals surface area contributed by atoms with Crippen LogP contribution in [-0.4, -0.2) is 31.6 Å². The van der Waals surface area contributed by atoms with Crippen LogP contribution in [0.3, 0.4) is 0 Å². The molecule has 0 amide bonds. The fourth-order valence-electron chi connectivity index (χ4n) is 1.83. The van der Waals surface area contributed by atoms with Gasteiger partial charge in [0.05, 0.1) is 6.33 Å². The van der Waals surface area contributed by atoms with E-state index >= 15 is 0 Å². The van der Waals surface area contributed by atoms with Crippen molar-refractivity contribution < 1.29 is 5.11 Å². The molecule has 19 heavy (non-hydrogen) atoms. The van der Waals surface area contributed by atoms with Gasteiger partial charge in [-0.25, -0.2) is 15.0 Å².